The zero-order valence-electron chi connectivity index (χ0n) is 18.3. The first-order chi connectivity index (χ1) is 16.9. The van der Waals surface area contributed by atoms with Crippen LogP contribution in [0.25, 0.3) is 0 Å². The van der Waals surface area contributed by atoms with Crippen LogP contribution in [-0.4, -0.2) is 51.0 Å². The third-order valence-electron chi connectivity index (χ3n) is 5.76. The summed E-state index contributed by atoms with van der Waals surface area (Å²) in [6.45, 7) is 0.713. The molecule has 0 bridgehead atoms. The lowest BCUT2D eigenvalue weighted by molar-refractivity contribution is 0.0332. The minimum atomic E-state index is -1.12. The number of urea groups is 1. The summed E-state index contributed by atoms with van der Waals surface area (Å²) in [5.41, 5.74) is 1.58. The molecule has 2 aliphatic rings. The number of carboxylic acid groups (broad SMARTS) is 1. The summed E-state index contributed by atoms with van der Waals surface area (Å²) in [5.74, 6) is 0.869. The van der Waals surface area contributed by atoms with Gasteiger partial charge in [-0.25, -0.2) is 14.6 Å². The number of carbonyl (C=O) groups excluding carboxylic acids is 2. The molecule has 2 aromatic carbocycles. The summed E-state index contributed by atoms with van der Waals surface area (Å²) in [6, 6.07) is 15.1. The molecule has 0 aliphatic carbocycles. The van der Waals surface area contributed by atoms with Gasteiger partial charge in [-0.2, -0.15) is 0 Å². The maximum Gasteiger partial charge on any atom is 0.409 e. The predicted octanol–water partition coefficient (Wildman–Crippen LogP) is 5.12. The molecule has 35 heavy (non-hydrogen) atoms. The van der Waals surface area contributed by atoms with E-state index in [0.717, 1.165) is 4.47 Å². The highest BCUT2D eigenvalue weighted by Crippen LogP contribution is 2.43. The number of pyridine rings is 1. The fraction of sp³-hybridized carbons (Fsp3) is 0.167. The zero-order valence-corrected chi connectivity index (χ0v) is 19.9. The number of anilines is 2. The van der Waals surface area contributed by atoms with Gasteiger partial charge in [0.2, 0.25) is 0 Å². The number of amides is 4. The fourth-order valence-electron chi connectivity index (χ4n) is 4.18. The minimum Gasteiger partial charge on any atom is -0.465 e. The first-order valence-electron chi connectivity index (χ1n) is 10.8. The molecule has 4 amide bonds. The Morgan fingerprint density at radius 2 is 1.94 bits per heavy atom. The highest BCUT2D eigenvalue weighted by molar-refractivity contribution is 9.10. The largest absolute Gasteiger partial charge is 0.465 e. The molecule has 3 heterocycles. The Labute approximate surface area is 208 Å². The van der Waals surface area contributed by atoms with Crippen LogP contribution in [0.2, 0.25) is 0 Å². The molecule has 1 unspecified atom stereocenters. The van der Waals surface area contributed by atoms with Crippen molar-refractivity contribution in [1.82, 2.24) is 14.8 Å². The number of nitrogens with one attached hydrogen (secondary N) is 2. The third-order valence-corrected chi connectivity index (χ3v) is 6.25. The Kier molecular flexibility index (Phi) is 6.00. The number of nitrogens with zero attached hydrogens (tertiary/aromatic N) is 3. The quantitative estimate of drug-likeness (QED) is 0.424. The average molecular weight is 538 g/mol. The van der Waals surface area contributed by atoms with Gasteiger partial charge in [0, 0.05) is 35.0 Å². The molecular formula is C24H20BrN5O5. The molecule has 3 aromatic rings. The number of fused-ring (bicyclic) bond motifs is 3. The number of benzene rings is 2. The molecule has 1 aromatic heterocycles. The number of halogens is 1. The van der Waals surface area contributed by atoms with Crippen molar-refractivity contribution >= 4 is 45.5 Å². The molecule has 5 rings (SSSR count). The normalized spacial score (nSPS) is 16.6. The van der Waals surface area contributed by atoms with Crippen LogP contribution in [0.5, 0.6) is 11.5 Å². The maximum absolute atomic E-state index is 12.6. The summed E-state index contributed by atoms with van der Waals surface area (Å²) < 4.78 is 6.90. The smallest absolute Gasteiger partial charge is 0.409 e. The molecule has 0 spiro atoms. The van der Waals surface area contributed by atoms with E-state index < -0.39 is 18.3 Å². The SMILES string of the molecule is O=C(Nc1ccc(Oc2ccnc3c2C2N(C(=O)O)CCCN2C(=O)N3)cc1)c1cccc(Br)c1. The minimum absolute atomic E-state index is 0.245. The number of ether oxygens (including phenoxy) is 1. The van der Waals surface area contributed by atoms with E-state index in [2.05, 4.69) is 31.5 Å². The highest BCUT2D eigenvalue weighted by atomic mass is 79.9. The van der Waals surface area contributed by atoms with Crippen molar-refractivity contribution in [1.29, 1.82) is 0 Å². The van der Waals surface area contributed by atoms with Gasteiger partial charge in [0.05, 0.1) is 5.56 Å². The van der Waals surface area contributed by atoms with E-state index in [4.69, 9.17) is 4.74 Å². The van der Waals surface area contributed by atoms with E-state index in [0.29, 0.717) is 47.8 Å². The van der Waals surface area contributed by atoms with Crippen molar-refractivity contribution in [3.05, 3.63) is 76.4 Å². The fourth-order valence-corrected chi connectivity index (χ4v) is 4.58. The first kappa shape index (κ1) is 22.7. The highest BCUT2D eigenvalue weighted by Gasteiger charge is 2.43. The van der Waals surface area contributed by atoms with Gasteiger partial charge in [-0.1, -0.05) is 22.0 Å². The van der Waals surface area contributed by atoms with Gasteiger partial charge in [-0.3, -0.25) is 19.9 Å². The Balaban J connectivity index is 1.39. The Morgan fingerprint density at radius 3 is 2.69 bits per heavy atom. The van der Waals surface area contributed by atoms with E-state index in [1.54, 1.807) is 48.5 Å². The number of rotatable bonds is 4. The lowest BCUT2D eigenvalue weighted by Gasteiger charge is -2.45. The van der Waals surface area contributed by atoms with E-state index in [9.17, 15) is 19.5 Å². The van der Waals surface area contributed by atoms with Gasteiger partial charge >= 0.3 is 12.1 Å². The molecule has 11 heteroatoms. The Bertz CT molecular complexity index is 1320. The molecule has 10 nitrogen and oxygen atoms in total. The predicted molar refractivity (Wildman–Crippen MR) is 131 cm³/mol. The monoisotopic (exact) mass is 537 g/mol. The lowest BCUT2D eigenvalue weighted by Crippen LogP contribution is -2.55. The summed E-state index contributed by atoms with van der Waals surface area (Å²) in [4.78, 5) is 43.9. The van der Waals surface area contributed by atoms with Gasteiger partial charge < -0.3 is 15.2 Å². The second kappa shape index (κ2) is 9.26. The molecule has 2 aliphatic heterocycles. The van der Waals surface area contributed by atoms with Crippen molar-refractivity contribution < 1.29 is 24.2 Å². The number of carbonyl (C=O) groups is 3. The molecule has 178 valence electrons. The van der Waals surface area contributed by atoms with E-state index in [1.165, 1.54) is 16.0 Å². The van der Waals surface area contributed by atoms with Crippen LogP contribution in [0, 0.1) is 0 Å². The third kappa shape index (κ3) is 4.50. The van der Waals surface area contributed by atoms with Crippen LogP contribution in [0.3, 0.4) is 0 Å². The van der Waals surface area contributed by atoms with Gasteiger partial charge in [-0.05, 0) is 55.0 Å². The molecule has 0 radical (unpaired) electrons. The van der Waals surface area contributed by atoms with E-state index in [1.807, 2.05) is 6.07 Å². The second-order valence-electron chi connectivity index (χ2n) is 7.99. The van der Waals surface area contributed by atoms with Crippen LogP contribution in [0.1, 0.15) is 28.5 Å². The zero-order chi connectivity index (χ0) is 24.5. The first-order valence-corrected chi connectivity index (χ1v) is 11.6. The van der Waals surface area contributed by atoms with Gasteiger partial charge in [0.15, 0.2) is 0 Å². The molecular weight excluding hydrogens is 518 g/mol. The van der Waals surface area contributed by atoms with Gasteiger partial charge in [0.25, 0.3) is 5.91 Å². The van der Waals surface area contributed by atoms with Crippen LogP contribution in [0.4, 0.5) is 21.1 Å². The summed E-state index contributed by atoms with van der Waals surface area (Å²) in [7, 11) is 0. The van der Waals surface area contributed by atoms with Crippen molar-refractivity contribution in [3.63, 3.8) is 0 Å². The van der Waals surface area contributed by atoms with Crippen molar-refractivity contribution in [2.75, 3.05) is 23.7 Å². The van der Waals surface area contributed by atoms with Gasteiger partial charge in [0.1, 0.15) is 23.5 Å². The number of aromatic nitrogens is 1. The summed E-state index contributed by atoms with van der Waals surface area (Å²) >= 11 is 3.36. The van der Waals surface area contributed by atoms with Crippen molar-refractivity contribution in [2.45, 2.75) is 12.6 Å². The number of hydrogen-bond acceptors (Lipinski definition) is 5. The van der Waals surface area contributed by atoms with Crippen molar-refractivity contribution in [2.24, 2.45) is 0 Å². The average Bonchev–Trinajstić information content (AvgIpc) is 2.85. The summed E-state index contributed by atoms with van der Waals surface area (Å²) in [6.07, 6.45) is 0.0675. The molecule has 1 saturated heterocycles. The van der Waals surface area contributed by atoms with Crippen LogP contribution < -0.4 is 15.4 Å². The molecule has 1 fully saturated rings. The standard InChI is InChI=1S/C24H20BrN5O5/c25-15-4-1-3-14(13-15)21(31)27-16-5-7-17(8-6-16)35-18-9-10-26-20-19(18)22-29(23(32)28-20)11-2-12-30(22)24(33)34/h1,3-10,13,22H,2,11-12H2,(H,27,31)(H,33,34)(H,26,28,32). The van der Waals surface area contributed by atoms with Crippen LogP contribution in [-0.2, 0) is 0 Å². The summed E-state index contributed by atoms with van der Waals surface area (Å²) in [5, 5.41) is 15.3. The topological polar surface area (TPSA) is 124 Å². The van der Waals surface area contributed by atoms with E-state index in [-0.39, 0.29) is 11.7 Å². The van der Waals surface area contributed by atoms with Crippen molar-refractivity contribution in [3.8, 4) is 11.5 Å². The Morgan fingerprint density at radius 1 is 1.14 bits per heavy atom. The second-order valence-corrected chi connectivity index (χ2v) is 8.90. The molecule has 0 saturated carbocycles. The molecule has 3 N–H and O–H groups in total. The van der Waals surface area contributed by atoms with Gasteiger partial charge in [-0.15, -0.1) is 0 Å². The molecule has 1 atom stereocenters. The van der Waals surface area contributed by atoms with Crippen LogP contribution in [0.15, 0.2) is 65.3 Å². The Hall–Kier alpha value is -4.12. The maximum atomic E-state index is 12.6. The lowest BCUT2D eigenvalue weighted by atomic mass is 10.0. The van der Waals surface area contributed by atoms with Crippen LogP contribution >= 0.6 is 15.9 Å². The number of hydrogen-bond donors (Lipinski definition) is 3. The van der Waals surface area contributed by atoms with E-state index >= 15 is 0 Å².